The number of methoxy groups -OCH3 is 1. The van der Waals surface area contributed by atoms with Crippen molar-refractivity contribution in [3.63, 3.8) is 0 Å². The maximum atomic E-state index is 13.8. The summed E-state index contributed by atoms with van der Waals surface area (Å²) in [6.07, 6.45) is 1.56. The summed E-state index contributed by atoms with van der Waals surface area (Å²) in [5, 5.41) is 0. The molecule has 2 aromatic rings. The van der Waals surface area contributed by atoms with Crippen LogP contribution in [0.2, 0.25) is 0 Å². The predicted molar refractivity (Wildman–Crippen MR) is 105 cm³/mol. The Hall–Kier alpha value is -3.15. The Morgan fingerprint density at radius 3 is 2.36 bits per heavy atom. The molecule has 1 amide bonds. The number of halogens is 1. The number of nitrogens with zero attached hydrogens (tertiary/aromatic N) is 1. The minimum absolute atomic E-state index is 0.119. The molecule has 0 aliphatic carbocycles. The lowest BCUT2D eigenvalue weighted by atomic mass is 10.1. The Labute approximate surface area is 164 Å². The van der Waals surface area contributed by atoms with Crippen molar-refractivity contribution >= 4 is 18.0 Å². The fourth-order valence-corrected chi connectivity index (χ4v) is 2.70. The van der Waals surface area contributed by atoms with Crippen LogP contribution in [0.3, 0.4) is 0 Å². The van der Waals surface area contributed by atoms with E-state index < -0.39 is 17.9 Å². The molecule has 28 heavy (non-hydrogen) atoms. The number of ether oxygens (including phenoxy) is 2. The monoisotopic (exact) mass is 385 g/mol. The highest BCUT2D eigenvalue weighted by molar-refractivity contribution is 5.91. The Kier molecular flexibility index (Phi) is 7.75. The van der Waals surface area contributed by atoms with Crippen LogP contribution in [-0.2, 0) is 14.3 Å². The zero-order valence-electron chi connectivity index (χ0n) is 16.2. The smallest absolute Gasteiger partial charge is 0.331 e. The van der Waals surface area contributed by atoms with Gasteiger partial charge in [-0.3, -0.25) is 4.79 Å². The summed E-state index contributed by atoms with van der Waals surface area (Å²) >= 11 is 0. The lowest BCUT2D eigenvalue weighted by molar-refractivity contribution is -0.157. The molecular formula is C22H24FNO4. The summed E-state index contributed by atoms with van der Waals surface area (Å²) in [6.45, 7) is 4.75. The van der Waals surface area contributed by atoms with Crippen LogP contribution >= 0.6 is 0 Å². The van der Waals surface area contributed by atoms with Gasteiger partial charge in [0.1, 0.15) is 0 Å². The molecule has 0 saturated carbocycles. The van der Waals surface area contributed by atoms with Gasteiger partial charge >= 0.3 is 5.97 Å². The van der Waals surface area contributed by atoms with Gasteiger partial charge in [-0.05, 0) is 37.6 Å². The number of esters is 1. The van der Waals surface area contributed by atoms with Crippen LogP contribution in [-0.4, -0.2) is 37.0 Å². The zero-order valence-corrected chi connectivity index (χ0v) is 16.2. The number of benzene rings is 2. The van der Waals surface area contributed by atoms with Gasteiger partial charge < -0.3 is 14.4 Å². The van der Waals surface area contributed by atoms with Crippen LogP contribution in [0.5, 0.6) is 5.75 Å². The van der Waals surface area contributed by atoms with Crippen molar-refractivity contribution in [2.24, 2.45) is 0 Å². The number of carbonyl (C=O) groups is 2. The molecule has 0 bridgehead atoms. The molecule has 2 rings (SSSR count). The van der Waals surface area contributed by atoms with Gasteiger partial charge in [-0.2, -0.15) is 0 Å². The number of rotatable bonds is 8. The predicted octanol–water partition coefficient (Wildman–Crippen LogP) is 4.00. The van der Waals surface area contributed by atoms with E-state index in [2.05, 4.69) is 0 Å². The Morgan fingerprint density at radius 1 is 1.11 bits per heavy atom. The molecule has 0 aromatic heterocycles. The Bertz CT molecular complexity index is 832. The molecule has 5 nitrogen and oxygen atoms in total. The summed E-state index contributed by atoms with van der Waals surface area (Å²) in [5.41, 5.74) is 1.07. The van der Waals surface area contributed by atoms with Gasteiger partial charge in [-0.1, -0.05) is 36.4 Å². The lowest BCUT2D eigenvalue weighted by Crippen LogP contribution is -2.36. The minimum atomic E-state index is -1.04. The SMILES string of the molecule is CCN(CC)C(=O)[C@H](OC(=O)/C=C/c1ccc(OC)c(F)c1)c1ccccc1. The molecule has 148 valence electrons. The minimum Gasteiger partial charge on any atom is -0.494 e. The first-order valence-electron chi connectivity index (χ1n) is 9.06. The van der Waals surface area contributed by atoms with Gasteiger partial charge in [0.15, 0.2) is 11.6 Å². The maximum Gasteiger partial charge on any atom is 0.331 e. The maximum absolute atomic E-state index is 13.8. The van der Waals surface area contributed by atoms with Crippen LogP contribution in [0.15, 0.2) is 54.6 Å². The van der Waals surface area contributed by atoms with Crippen molar-refractivity contribution in [1.29, 1.82) is 0 Å². The summed E-state index contributed by atoms with van der Waals surface area (Å²) in [7, 11) is 1.38. The average molecular weight is 385 g/mol. The highest BCUT2D eigenvalue weighted by Crippen LogP contribution is 2.22. The van der Waals surface area contributed by atoms with E-state index in [4.69, 9.17) is 9.47 Å². The van der Waals surface area contributed by atoms with Crippen LogP contribution in [0.25, 0.3) is 6.08 Å². The molecule has 0 heterocycles. The largest absolute Gasteiger partial charge is 0.494 e. The van der Waals surface area contributed by atoms with Gasteiger partial charge in [0.05, 0.1) is 7.11 Å². The van der Waals surface area contributed by atoms with Crippen molar-refractivity contribution in [3.05, 3.63) is 71.6 Å². The fraction of sp³-hybridized carbons (Fsp3) is 0.273. The summed E-state index contributed by atoms with van der Waals surface area (Å²) in [6, 6.07) is 13.2. The number of likely N-dealkylation sites (N-methyl/N-ethyl adjacent to an activating group) is 1. The average Bonchev–Trinajstić information content (AvgIpc) is 2.72. The van der Waals surface area contributed by atoms with Gasteiger partial charge in [0.25, 0.3) is 5.91 Å². The summed E-state index contributed by atoms with van der Waals surface area (Å²) in [4.78, 5) is 26.7. The highest BCUT2D eigenvalue weighted by atomic mass is 19.1. The fourth-order valence-electron chi connectivity index (χ4n) is 2.70. The molecule has 6 heteroatoms. The van der Waals surface area contributed by atoms with E-state index in [1.54, 1.807) is 35.2 Å². The molecule has 0 unspecified atom stereocenters. The van der Waals surface area contributed by atoms with Gasteiger partial charge in [0.2, 0.25) is 6.10 Å². The highest BCUT2D eigenvalue weighted by Gasteiger charge is 2.27. The second-order valence-electron chi connectivity index (χ2n) is 5.97. The van der Waals surface area contributed by atoms with Gasteiger partial charge in [-0.15, -0.1) is 0 Å². The number of hydrogen-bond donors (Lipinski definition) is 0. The number of hydrogen-bond acceptors (Lipinski definition) is 4. The standard InChI is InChI=1S/C22H24FNO4/c1-4-24(5-2)22(26)21(17-9-7-6-8-10-17)28-20(25)14-12-16-11-13-19(27-3)18(23)15-16/h6-15,21H,4-5H2,1-3H3/b14-12+/t21-/m1/s1. The van der Waals surface area contributed by atoms with Crippen molar-refractivity contribution in [1.82, 2.24) is 4.90 Å². The molecule has 0 radical (unpaired) electrons. The quantitative estimate of drug-likeness (QED) is 0.509. The Balaban J connectivity index is 2.18. The van der Waals surface area contributed by atoms with E-state index in [-0.39, 0.29) is 11.7 Å². The van der Waals surface area contributed by atoms with E-state index in [9.17, 15) is 14.0 Å². The van der Waals surface area contributed by atoms with Crippen molar-refractivity contribution < 1.29 is 23.5 Å². The normalized spacial score (nSPS) is 11.9. The first-order chi connectivity index (χ1) is 13.5. The molecule has 1 atom stereocenters. The van der Waals surface area contributed by atoms with Crippen LogP contribution < -0.4 is 4.74 Å². The number of carbonyl (C=O) groups excluding carboxylic acids is 2. The van der Waals surface area contributed by atoms with Crippen LogP contribution in [0.1, 0.15) is 31.1 Å². The van der Waals surface area contributed by atoms with Gasteiger partial charge in [0, 0.05) is 24.7 Å². The lowest BCUT2D eigenvalue weighted by Gasteiger charge is -2.25. The molecule has 0 aliphatic heterocycles. The summed E-state index contributed by atoms with van der Waals surface area (Å²) < 4.78 is 24.1. The van der Waals surface area contributed by atoms with E-state index in [1.165, 1.54) is 31.4 Å². The molecule has 0 fully saturated rings. The first-order valence-corrected chi connectivity index (χ1v) is 9.06. The second kappa shape index (κ2) is 10.3. The topological polar surface area (TPSA) is 55.8 Å². The van der Waals surface area contributed by atoms with E-state index in [1.807, 2.05) is 19.9 Å². The zero-order chi connectivity index (χ0) is 20.5. The Morgan fingerprint density at radius 2 is 1.79 bits per heavy atom. The molecular weight excluding hydrogens is 361 g/mol. The third-order valence-electron chi connectivity index (χ3n) is 4.22. The molecule has 0 aliphatic rings. The van der Waals surface area contributed by atoms with Crippen LogP contribution in [0.4, 0.5) is 4.39 Å². The summed E-state index contributed by atoms with van der Waals surface area (Å²) in [5.74, 6) is -1.38. The molecule has 2 aromatic carbocycles. The molecule has 0 saturated heterocycles. The third-order valence-corrected chi connectivity index (χ3v) is 4.22. The number of amides is 1. The molecule has 0 N–H and O–H groups in total. The van der Waals surface area contributed by atoms with Crippen molar-refractivity contribution in [2.45, 2.75) is 20.0 Å². The van der Waals surface area contributed by atoms with E-state index in [0.29, 0.717) is 24.2 Å². The third kappa shape index (κ3) is 5.42. The van der Waals surface area contributed by atoms with Crippen LogP contribution in [0, 0.1) is 5.82 Å². The van der Waals surface area contributed by atoms with E-state index >= 15 is 0 Å². The molecule has 0 spiro atoms. The van der Waals surface area contributed by atoms with Crippen molar-refractivity contribution in [2.75, 3.05) is 20.2 Å². The van der Waals surface area contributed by atoms with E-state index in [0.717, 1.165) is 0 Å². The van der Waals surface area contributed by atoms with Gasteiger partial charge in [-0.25, -0.2) is 9.18 Å². The second-order valence-corrected chi connectivity index (χ2v) is 5.97. The first kappa shape index (κ1) is 21.2. The van der Waals surface area contributed by atoms with Crippen molar-refractivity contribution in [3.8, 4) is 5.75 Å².